The molecule has 0 saturated carbocycles. The van der Waals surface area contributed by atoms with Gasteiger partial charge in [-0.05, 0) is 47.3 Å². The van der Waals surface area contributed by atoms with Crippen LogP contribution in [0, 0.1) is 0 Å². The molecule has 0 aromatic carbocycles. The minimum Gasteiger partial charge on any atom is -0.316 e. The van der Waals surface area contributed by atoms with Crippen molar-refractivity contribution in [1.29, 1.82) is 0 Å². The lowest BCUT2D eigenvalue weighted by atomic mass is 10.2. The van der Waals surface area contributed by atoms with Crippen molar-refractivity contribution >= 4 is 27.7 Å². The van der Waals surface area contributed by atoms with Gasteiger partial charge in [-0.2, -0.15) is 11.8 Å². The first-order valence-electron chi connectivity index (χ1n) is 5.61. The van der Waals surface area contributed by atoms with E-state index in [2.05, 4.69) is 39.2 Å². The number of likely N-dealkylation sites (N-methyl/N-ethyl adjacent to an activating group) is 1. The van der Waals surface area contributed by atoms with Crippen LogP contribution in [0.1, 0.15) is 19.0 Å². The predicted octanol–water partition coefficient (Wildman–Crippen LogP) is 3.12. The van der Waals surface area contributed by atoms with Crippen molar-refractivity contribution < 1.29 is 0 Å². The molecule has 0 amide bonds. The third-order valence-corrected chi connectivity index (χ3v) is 4.12. The van der Waals surface area contributed by atoms with E-state index in [0.29, 0.717) is 6.04 Å². The van der Waals surface area contributed by atoms with Crippen LogP contribution in [0.15, 0.2) is 22.8 Å². The Bertz CT molecular complexity index is 290. The zero-order chi connectivity index (χ0) is 11.8. The largest absolute Gasteiger partial charge is 0.316 e. The summed E-state index contributed by atoms with van der Waals surface area (Å²) in [7, 11) is 2.02. The number of pyridine rings is 1. The van der Waals surface area contributed by atoms with Gasteiger partial charge in [-0.3, -0.25) is 4.98 Å². The normalized spacial score (nSPS) is 12.7. The van der Waals surface area contributed by atoms with Crippen LogP contribution in [0.25, 0.3) is 0 Å². The van der Waals surface area contributed by atoms with E-state index >= 15 is 0 Å². The van der Waals surface area contributed by atoms with Crippen molar-refractivity contribution in [1.82, 2.24) is 10.3 Å². The average molecular weight is 303 g/mol. The van der Waals surface area contributed by atoms with Crippen LogP contribution in [0.3, 0.4) is 0 Å². The molecule has 1 aromatic rings. The summed E-state index contributed by atoms with van der Waals surface area (Å²) >= 11 is 5.41. The molecule has 1 rings (SSSR count). The third kappa shape index (κ3) is 5.32. The van der Waals surface area contributed by atoms with Crippen molar-refractivity contribution in [2.24, 2.45) is 0 Å². The summed E-state index contributed by atoms with van der Waals surface area (Å²) in [5.74, 6) is 2.40. The van der Waals surface area contributed by atoms with Gasteiger partial charge in [0.1, 0.15) is 0 Å². The Labute approximate surface area is 111 Å². The number of thioether (sulfide) groups is 1. The Hall–Kier alpha value is -0.0600. The molecule has 0 spiro atoms. The Morgan fingerprint density at radius 1 is 1.50 bits per heavy atom. The summed E-state index contributed by atoms with van der Waals surface area (Å²) in [4.78, 5) is 4.40. The topological polar surface area (TPSA) is 24.9 Å². The lowest BCUT2D eigenvalue weighted by Crippen LogP contribution is -2.30. The SMILES string of the molecule is CCCSCC(Cc1ccc(Br)cn1)NC. The van der Waals surface area contributed by atoms with Gasteiger partial charge in [0.2, 0.25) is 0 Å². The lowest BCUT2D eigenvalue weighted by Gasteiger charge is -2.15. The molecular formula is C12H19BrN2S. The van der Waals surface area contributed by atoms with Gasteiger partial charge in [0.05, 0.1) is 0 Å². The maximum atomic E-state index is 4.40. The van der Waals surface area contributed by atoms with Crippen LogP contribution in [0.4, 0.5) is 0 Å². The second-order valence-corrected chi connectivity index (χ2v) is 5.80. The molecule has 0 bridgehead atoms. The summed E-state index contributed by atoms with van der Waals surface area (Å²) in [6.07, 6.45) is 4.11. The van der Waals surface area contributed by atoms with Crippen molar-refractivity contribution in [3.8, 4) is 0 Å². The number of nitrogens with zero attached hydrogens (tertiary/aromatic N) is 1. The molecule has 0 aliphatic heterocycles. The summed E-state index contributed by atoms with van der Waals surface area (Å²) < 4.78 is 1.04. The quantitative estimate of drug-likeness (QED) is 0.784. The molecule has 1 N–H and O–H groups in total. The van der Waals surface area contributed by atoms with Crippen LogP contribution in [0.2, 0.25) is 0 Å². The molecule has 0 radical (unpaired) electrons. The van der Waals surface area contributed by atoms with Gasteiger partial charge in [-0.1, -0.05) is 6.92 Å². The standard InChI is InChI=1S/C12H19BrN2S/c1-3-6-16-9-12(14-2)7-11-5-4-10(13)8-15-11/h4-5,8,12,14H,3,6-7,9H2,1-2H3. The van der Waals surface area contributed by atoms with E-state index in [1.165, 1.54) is 12.2 Å². The van der Waals surface area contributed by atoms with Gasteiger partial charge >= 0.3 is 0 Å². The van der Waals surface area contributed by atoms with Crippen LogP contribution in [0.5, 0.6) is 0 Å². The number of nitrogens with one attached hydrogen (secondary N) is 1. The smallest absolute Gasteiger partial charge is 0.0420 e. The fraction of sp³-hybridized carbons (Fsp3) is 0.583. The minimum absolute atomic E-state index is 0.519. The van der Waals surface area contributed by atoms with Crippen molar-refractivity contribution in [3.05, 3.63) is 28.5 Å². The third-order valence-electron chi connectivity index (χ3n) is 2.32. The van der Waals surface area contributed by atoms with Gasteiger partial charge in [0.15, 0.2) is 0 Å². The Balaban J connectivity index is 2.40. The summed E-state index contributed by atoms with van der Waals surface area (Å²) in [5, 5.41) is 3.35. The molecule has 4 heteroatoms. The minimum atomic E-state index is 0.519. The first kappa shape index (κ1) is 14.0. The number of hydrogen-bond donors (Lipinski definition) is 1. The van der Waals surface area contributed by atoms with E-state index in [1.807, 2.05) is 31.1 Å². The van der Waals surface area contributed by atoms with Crippen molar-refractivity contribution in [2.75, 3.05) is 18.6 Å². The second-order valence-electron chi connectivity index (χ2n) is 3.73. The van der Waals surface area contributed by atoms with Crippen molar-refractivity contribution in [3.63, 3.8) is 0 Å². The first-order chi connectivity index (χ1) is 7.76. The van der Waals surface area contributed by atoms with Crippen LogP contribution in [-0.2, 0) is 6.42 Å². The molecule has 0 saturated heterocycles. The van der Waals surface area contributed by atoms with Gasteiger partial charge in [-0.25, -0.2) is 0 Å². The molecule has 1 aromatic heterocycles. The maximum Gasteiger partial charge on any atom is 0.0420 e. The molecule has 1 unspecified atom stereocenters. The number of aromatic nitrogens is 1. The molecule has 0 aliphatic carbocycles. The molecule has 90 valence electrons. The van der Waals surface area contributed by atoms with Gasteiger partial charge < -0.3 is 5.32 Å². The molecule has 0 aliphatic rings. The maximum absolute atomic E-state index is 4.40. The molecule has 2 nitrogen and oxygen atoms in total. The van der Waals surface area contributed by atoms with Crippen molar-refractivity contribution in [2.45, 2.75) is 25.8 Å². The first-order valence-corrected chi connectivity index (χ1v) is 7.56. The summed E-state index contributed by atoms with van der Waals surface area (Å²) in [6, 6.07) is 4.65. The van der Waals surface area contributed by atoms with Crippen LogP contribution >= 0.6 is 27.7 Å². The number of hydrogen-bond acceptors (Lipinski definition) is 3. The number of rotatable bonds is 7. The zero-order valence-corrected chi connectivity index (χ0v) is 12.3. The molecule has 1 atom stereocenters. The van der Waals surface area contributed by atoms with E-state index in [9.17, 15) is 0 Å². The highest BCUT2D eigenvalue weighted by Gasteiger charge is 2.07. The fourth-order valence-corrected chi connectivity index (χ4v) is 2.65. The highest BCUT2D eigenvalue weighted by molar-refractivity contribution is 9.10. The number of halogens is 1. The van der Waals surface area contributed by atoms with Crippen LogP contribution in [-0.4, -0.2) is 29.6 Å². The van der Waals surface area contributed by atoms with Gasteiger partial charge in [-0.15, -0.1) is 0 Å². The molecule has 16 heavy (non-hydrogen) atoms. The predicted molar refractivity (Wildman–Crippen MR) is 76.1 cm³/mol. The molecular weight excluding hydrogens is 284 g/mol. The van der Waals surface area contributed by atoms with Gasteiger partial charge in [0.25, 0.3) is 0 Å². The monoisotopic (exact) mass is 302 g/mol. The van der Waals surface area contributed by atoms with E-state index in [4.69, 9.17) is 0 Å². The molecule has 0 fully saturated rings. The zero-order valence-electron chi connectivity index (χ0n) is 9.87. The van der Waals surface area contributed by atoms with E-state index in [1.54, 1.807) is 0 Å². The van der Waals surface area contributed by atoms with Crippen LogP contribution < -0.4 is 5.32 Å². The van der Waals surface area contributed by atoms with E-state index < -0.39 is 0 Å². The Kier molecular flexibility index (Phi) is 7.08. The summed E-state index contributed by atoms with van der Waals surface area (Å²) in [5.41, 5.74) is 1.15. The Morgan fingerprint density at radius 2 is 2.31 bits per heavy atom. The Morgan fingerprint density at radius 3 is 2.88 bits per heavy atom. The lowest BCUT2D eigenvalue weighted by molar-refractivity contribution is 0.609. The molecule has 1 heterocycles. The van der Waals surface area contributed by atoms with Gasteiger partial charge in [0, 0.05) is 34.6 Å². The fourth-order valence-electron chi connectivity index (χ4n) is 1.39. The second kappa shape index (κ2) is 8.09. The van der Waals surface area contributed by atoms with E-state index in [0.717, 1.165) is 22.3 Å². The van der Waals surface area contributed by atoms with E-state index in [-0.39, 0.29) is 0 Å². The highest BCUT2D eigenvalue weighted by atomic mass is 79.9. The average Bonchev–Trinajstić information content (AvgIpc) is 2.31. The summed E-state index contributed by atoms with van der Waals surface area (Å²) in [6.45, 7) is 2.22. The highest BCUT2D eigenvalue weighted by Crippen LogP contribution is 2.11.